The van der Waals surface area contributed by atoms with Gasteiger partial charge < -0.3 is 4.90 Å². The van der Waals surface area contributed by atoms with Crippen LogP contribution in [0.3, 0.4) is 0 Å². The molecule has 1 nitrogen and oxygen atoms in total. The predicted octanol–water partition coefficient (Wildman–Crippen LogP) is 4.50. The lowest BCUT2D eigenvalue weighted by atomic mass is 9.88. The summed E-state index contributed by atoms with van der Waals surface area (Å²) in [5.74, 6) is 0. The minimum Gasteiger partial charge on any atom is -0.363 e. The molecular weight excluding hydrogens is 250 g/mol. The zero-order valence-corrected chi connectivity index (χ0v) is 12.0. The summed E-state index contributed by atoms with van der Waals surface area (Å²) in [7, 11) is 0. The molecule has 1 fully saturated rings. The third-order valence-corrected chi connectivity index (χ3v) is 5.55. The van der Waals surface area contributed by atoms with Gasteiger partial charge in [0.25, 0.3) is 0 Å². The van der Waals surface area contributed by atoms with Gasteiger partial charge in [0.15, 0.2) is 0 Å². The van der Waals surface area contributed by atoms with Gasteiger partial charge in [0.05, 0.1) is 5.00 Å². The molecule has 0 radical (unpaired) electrons. The number of thiophene rings is 1. The Labute approximate surface area is 118 Å². The van der Waals surface area contributed by atoms with Crippen molar-refractivity contribution >= 4 is 16.3 Å². The Morgan fingerprint density at radius 3 is 2.63 bits per heavy atom. The molecule has 0 bridgehead atoms. The van der Waals surface area contributed by atoms with Crippen LogP contribution >= 0.6 is 11.3 Å². The molecule has 98 valence electrons. The van der Waals surface area contributed by atoms with Crippen LogP contribution in [0.2, 0.25) is 0 Å². The maximum atomic E-state index is 2.63. The molecule has 1 aromatic carbocycles. The number of piperidine rings is 1. The largest absolute Gasteiger partial charge is 0.363 e. The fraction of sp³-hybridized carbons (Fsp3) is 0.412. The van der Waals surface area contributed by atoms with E-state index in [1.54, 1.807) is 10.6 Å². The van der Waals surface area contributed by atoms with E-state index in [0.717, 1.165) is 0 Å². The second-order valence-corrected chi connectivity index (χ2v) is 6.50. The maximum absolute atomic E-state index is 2.63. The Morgan fingerprint density at radius 2 is 1.74 bits per heavy atom. The van der Waals surface area contributed by atoms with Crippen molar-refractivity contribution in [1.29, 1.82) is 0 Å². The Hall–Kier alpha value is -1.28. The second kappa shape index (κ2) is 4.68. The summed E-state index contributed by atoms with van der Waals surface area (Å²) in [6, 6.07) is 8.92. The molecule has 0 N–H and O–H groups in total. The van der Waals surface area contributed by atoms with Gasteiger partial charge in [-0.1, -0.05) is 24.3 Å². The Kier molecular flexibility index (Phi) is 2.84. The summed E-state index contributed by atoms with van der Waals surface area (Å²) < 4.78 is 0. The number of hydrogen-bond acceptors (Lipinski definition) is 2. The molecule has 2 heterocycles. The van der Waals surface area contributed by atoms with Crippen molar-refractivity contribution in [3.05, 3.63) is 40.8 Å². The molecule has 1 aromatic heterocycles. The second-order valence-electron chi connectivity index (χ2n) is 5.64. The van der Waals surface area contributed by atoms with E-state index in [1.165, 1.54) is 61.9 Å². The van der Waals surface area contributed by atoms with Crippen LogP contribution in [0.4, 0.5) is 5.00 Å². The van der Waals surface area contributed by atoms with Crippen LogP contribution < -0.4 is 4.90 Å². The molecule has 1 aliphatic carbocycles. The number of benzene rings is 1. The third-order valence-electron chi connectivity index (χ3n) is 4.47. The lowest BCUT2D eigenvalue weighted by molar-refractivity contribution is 0.579. The van der Waals surface area contributed by atoms with E-state index in [-0.39, 0.29) is 0 Å². The van der Waals surface area contributed by atoms with E-state index in [9.17, 15) is 0 Å². The maximum Gasteiger partial charge on any atom is 0.0947 e. The molecule has 2 aliphatic rings. The summed E-state index contributed by atoms with van der Waals surface area (Å²) in [6.07, 6.45) is 6.57. The molecule has 19 heavy (non-hydrogen) atoms. The van der Waals surface area contributed by atoms with E-state index in [2.05, 4.69) is 34.5 Å². The van der Waals surface area contributed by atoms with Crippen molar-refractivity contribution in [1.82, 2.24) is 0 Å². The summed E-state index contributed by atoms with van der Waals surface area (Å²) in [6.45, 7) is 2.52. The number of aryl methyl sites for hydroxylation is 1. The summed E-state index contributed by atoms with van der Waals surface area (Å²) in [5, 5.41) is 3.95. The Morgan fingerprint density at radius 1 is 0.895 bits per heavy atom. The number of rotatable bonds is 1. The Balaban J connectivity index is 1.77. The highest BCUT2D eigenvalue weighted by atomic mass is 32.1. The average molecular weight is 269 g/mol. The van der Waals surface area contributed by atoms with Crippen LogP contribution in [0, 0.1) is 0 Å². The summed E-state index contributed by atoms with van der Waals surface area (Å²) in [4.78, 5) is 2.63. The average Bonchev–Trinajstić information content (AvgIpc) is 2.92. The highest BCUT2D eigenvalue weighted by Crippen LogP contribution is 2.43. The van der Waals surface area contributed by atoms with Gasteiger partial charge in [-0.25, -0.2) is 0 Å². The zero-order chi connectivity index (χ0) is 12.7. The minimum absolute atomic E-state index is 1.21. The van der Waals surface area contributed by atoms with Gasteiger partial charge in [0, 0.05) is 18.5 Å². The first-order chi connectivity index (χ1) is 9.43. The first-order valence-corrected chi connectivity index (χ1v) is 8.25. The topological polar surface area (TPSA) is 3.24 Å². The zero-order valence-electron chi connectivity index (χ0n) is 11.2. The summed E-state index contributed by atoms with van der Waals surface area (Å²) in [5.41, 5.74) is 6.12. The van der Waals surface area contributed by atoms with Crippen LogP contribution in [0.15, 0.2) is 29.6 Å². The van der Waals surface area contributed by atoms with Crippen molar-refractivity contribution in [3.63, 3.8) is 0 Å². The quantitative estimate of drug-likeness (QED) is 0.736. The highest BCUT2D eigenvalue weighted by Gasteiger charge is 2.23. The predicted molar refractivity (Wildman–Crippen MR) is 83.2 cm³/mol. The van der Waals surface area contributed by atoms with Gasteiger partial charge in [-0.15, -0.1) is 11.3 Å². The molecule has 0 atom stereocenters. The monoisotopic (exact) mass is 269 g/mol. The van der Waals surface area contributed by atoms with Crippen LogP contribution in [0.5, 0.6) is 0 Å². The number of nitrogens with zero attached hydrogens (tertiary/aromatic N) is 1. The number of anilines is 1. The molecule has 2 heteroatoms. The summed E-state index contributed by atoms with van der Waals surface area (Å²) >= 11 is 1.96. The van der Waals surface area contributed by atoms with E-state index in [4.69, 9.17) is 0 Å². The van der Waals surface area contributed by atoms with Crippen molar-refractivity contribution in [3.8, 4) is 11.1 Å². The van der Waals surface area contributed by atoms with Crippen molar-refractivity contribution in [2.24, 2.45) is 0 Å². The van der Waals surface area contributed by atoms with Crippen molar-refractivity contribution < 1.29 is 0 Å². The van der Waals surface area contributed by atoms with Crippen molar-refractivity contribution in [2.45, 2.75) is 32.1 Å². The molecule has 0 amide bonds. The van der Waals surface area contributed by atoms with Gasteiger partial charge >= 0.3 is 0 Å². The van der Waals surface area contributed by atoms with Crippen LogP contribution in [-0.2, 0) is 12.8 Å². The smallest absolute Gasteiger partial charge is 0.0947 e. The molecule has 1 aliphatic heterocycles. The van der Waals surface area contributed by atoms with Gasteiger partial charge in [-0.2, -0.15) is 0 Å². The lowest BCUT2D eigenvalue weighted by Crippen LogP contribution is -2.29. The standard InChI is InChI=1S/C17H19NS/c1-4-10-18(11-5-1)17-15-9-8-13-6-2-3-7-14(13)16(15)12-19-17/h2-3,6-7,12H,1,4-5,8-11H2. The van der Waals surface area contributed by atoms with Gasteiger partial charge in [0.1, 0.15) is 0 Å². The number of fused-ring (bicyclic) bond motifs is 3. The lowest BCUT2D eigenvalue weighted by Gasteiger charge is -2.29. The fourth-order valence-corrected chi connectivity index (χ4v) is 4.65. The molecule has 1 saturated heterocycles. The van der Waals surface area contributed by atoms with E-state index >= 15 is 0 Å². The Bertz CT molecular complexity index is 593. The van der Waals surface area contributed by atoms with E-state index < -0.39 is 0 Å². The first-order valence-electron chi connectivity index (χ1n) is 7.37. The minimum atomic E-state index is 1.21. The van der Waals surface area contributed by atoms with Crippen LogP contribution in [0.1, 0.15) is 30.4 Å². The van der Waals surface area contributed by atoms with E-state index in [1.807, 2.05) is 11.3 Å². The fourth-order valence-electron chi connectivity index (χ4n) is 3.46. The van der Waals surface area contributed by atoms with Crippen molar-refractivity contribution in [2.75, 3.05) is 18.0 Å². The van der Waals surface area contributed by atoms with E-state index in [0.29, 0.717) is 0 Å². The molecule has 0 unspecified atom stereocenters. The van der Waals surface area contributed by atoms with Gasteiger partial charge in [-0.05, 0) is 54.4 Å². The van der Waals surface area contributed by atoms with Crippen LogP contribution in [0.25, 0.3) is 11.1 Å². The number of hydrogen-bond donors (Lipinski definition) is 0. The third kappa shape index (κ3) is 1.90. The first kappa shape index (κ1) is 11.5. The van der Waals surface area contributed by atoms with Gasteiger partial charge in [-0.3, -0.25) is 0 Å². The normalized spacial score (nSPS) is 18.0. The highest BCUT2D eigenvalue weighted by molar-refractivity contribution is 7.14. The van der Waals surface area contributed by atoms with Gasteiger partial charge in [0.2, 0.25) is 0 Å². The molecule has 0 spiro atoms. The SMILES string of the molecule is c1ccc2c(c1)CCc1c-2csc1N1CCCCC1. The molecular formula is C17H19NS. The molecule has 4 rings (SSSR count). The van der Waals surface area contributed by atoms with Crippen LogP contribution in [-0.4, -0.2) is 13.1 Å². The molecule has 0 saturated carbocycles. The molecule has 2 aromatic rings.